The molecule has 5 nitrogen and oxygen atoms in total. The zero-order chi connectivity index (χ0) is 15.9. The fraction of sp³-hybridized carbons (Fsp3) is 0.778. The molecule has 0 bridgehead atoms. The summed E-state index contributed by atoms with van der Waals surface area (Å²) in [5.41, 5.74) is 6.34. The summed E-state index contributed by atoms with van der Waals surface area (Å²) in [5.74, 6) is 1.82. The van der Waals surface area contributed by atoms with Crippen LogP contribution < -0.4 is 16.0 Å². The van der Waals surface area contributed by atoms with Gasteiger partial charge in [-0.2, -0.15) is 0 Å². The highest BCUT2D eigenvalue weighted by Crippen LogP contribution is 2.19. The Morgan fingerprint density at radius 3 is 2.52 bits per heavy atom. The maximum Gasteiger partial charge on any atom is 0.148 e. The van der Waals surface area contributed by atoms with Crippen LogP contribution in [0.15, 0.2) is 12.3 Å². The van der Waals surface area contributed by atoms with Crippen molar-refractivity contribution in [3.8, 4) is 0 Å². The third-order valence-electron chi connectivity index (χ3n) is 5.15. The summed E-state index contributed by atoms with van der Waals surface area (Å²) in [5, 5.41) is 3.61. The summed E-state index contributed by atoms with van der Waals surface area (Å²) >= 11 is 0. The van der Waals surface area contributed by atoms with Gasteiger partial charge in [0.2, 0.25) is 0 Å². The molecule has 3 N–H and O–H groups in total. The lowest BCUT2D eigenvalue weighted by Crippen LogP contribution is -2.37. The van der Waals surface area contributed by atoms with Gasteiger partial charge in [-0.1, -0.05) is 32.1 Å². The minimum Gasteiger partial charge on any atom is -0.357 e. The molecule has 0 aromatic carbocycles. The zero-order valence-corrected chi connectivity index (χ0v) is 14.2. The van der Waals surface area contributed by atoms with Crippen molar-refractivity contribution in [2.75, 3.05) is 24.5 Å². The number of nitrogens with two attached hydrogens (primary N) is 1. The summed E-state index contributed by atoms with van der Waals surface area (Å²) in [7, 11) is 0. The SMILES string of the molecule is NC(CNC1CCCCC1)c1nccc(N2CCCCCC2)n1. The molecular formula is C18H31N5. The number of nitrogens with zero attached hydrogens (tertiary/aromatic N) is 3. The predicted molar refractivity (Wildman–Crippen MR) is 94.5 cm³/mol. The average molecular weight is 317 g/mol. The molecule has 1 aromatic heterocycles. The monoisotopic (exact) mass is 317 g/mol. The van der Waals surface area contributed by atoms with E-state index in [-0.39, 0.29) is 6.04 Å². The van der Waals surface area contributed by atoms with Crippen LogP contribution in [0, 0.1) is 0 Å². The van der Waals surface area contributed by atoms with Crippen molar-refractivity contribution in [1.82, 2.24) is 15.3 Å². The quantitative estimate of drug-likeness (QED) is 0.874. The third kappa shape index (κ3) is 4.88. The number of rotatable bonds is 5. The van der Waals surface area contributed by atoms with E-state index in [4.69, 9.17) is 10.7 Å². The van der Waals surface area contributed by atoms with Crippen molar-refractivity contribution in [3.05, 3.63) is 18.1 Å². The fourth-order valence-electron chi connectivity index (χ4n) is 3.71. The topological polar surface area (TPSA) is 67.1 Å². The van der Waals surface area contributed by atoms with Crippen molar-refractivity contribution in [2.45, 2.75) is 69.9 Å². The van der Waals surface area contributed by atoms with E-state index in [0.717, 1.165) is 31.3 Å². The van der Waals surface area contributed by atoms with Gasteiger partial charge in [0.1, 0.15) is 11.6 Å². The van der Waals surface area contributed by atoms with E-state index in [2.05, 4.69) is 15.2 Å². The molecule has 1 saturated carbocycles. The Labute approximate surface area is 140 Å². The highest BCUT2D eigenvalue weighted by molar-refractivity contribution is 5.37. The molecular weight excluding hydrogens is 286 g/mol. The third-order valence-corrected chi connectivity index (χ3v) is 5.15. The van der Waals surface area contributed by atoms with Gasteiger partial charge in [-0.05, 0) is 31.7 Å². The molecule has 1 atom stereocenters. The number of aromatic nitrogens is 2. The van der Waals surface area contributed by atoms with Crippen LogP contribution in [0.5, 0.6) is 0 Å². The van der Waals surface area contributed by atoms with Crippen LogP contribution in [0.1, 0.15) is 69.7 Å². The zero-order valence-electron chi connectivity index (χ0n) is 14.2. The molecule has 2 fully saturated rings. The standard InChI is InChI=1S/C18H31N5/c19-16(14-21-15-8-4-3-5-9-15)18-20-11-10-17(22-18)23-12-6-1-2-7-13-23/h10-11,15-16,21H,1-9,12-14,19H2. The second-order valence-corrected chi connectivity index (χ2v) is 7.02. The fourth-order valence-corrected chi connectivity index (χ4v) is 3.71. The summed E-state index contributed by atoms with van der Waals surface area (Å²) in [6, 6.07) is 2.53. The molecule has 1 aliphatic heterocycles. The van der Waals surface area contributed by atoms with Crippen LogP contribution in [-0.2, 0) is 0 Å². The lowest BCUT2D eigenvalue weighted by atomic mass is 9.95. The van der Waals surface area contributed by atoms with Crippen LogP contribution in [0.3, 0.4) is 0 Å². The van der Waals surface area contributed by atoms with Gasteiger partial charge < -0.3 is 16.0 Å². The number of nitrogens with one attached hydrogen (secondary N) is 1. The van der Waals surface area contributed by atoms with Gasteiger partial charge in [0.15, 0.2) is 0 Å². The molecule has 1 unspecified atom stereocenters. The molecule has 0 amide bonds. The minimum atomic E-state index is -0.121. The summed E-state index contributed by atoms with van der Waals surface area (Å²) in [4.78, 5) is 11.6. The van der Waals surface area contributed by atoms with E-state index in [0.29, 0.717) is 6.04 Å². The molecule has 2 aliphatic rings. The van der Waals surface area contributed by atoms with E-state index in [1.807, 2.05) is 12.3 Å². The smallest absolute Gasteiger partial charge is 0.148 e. The number of anilines is 1. The molecule has 2 heterocycles. The van der Waals surface area contributed by atoms with E-state index in [9.17, 15) is 0 Å². The highest BCUT2D eigenvalue weighted by atomic mass is 15.2. The van der Waals surface area contributed by atoms with Gasteiger partial charge >= 0.3 is 0 Å². The van der Waals surface area contributed by atoms with Gasteiger partial charge in [-0.15, -0.1) is 0 Å². The first-order chi connectivity index (χ1) is 11.3. The van der Waals surface area contributed by atoms with Crippen LogP contribution in [0.25, 0.3) is 0 Å². The molecule has 3 rings (SSSR count). The Kier molecular flexibility index (Phi) is 6.22. The number of hydrogen-bond acceptors (Lipinski definition) is 5. The predicted octanol–water partition coefficient (Wildman–Crippen LogP) is 2.78. The van der Waals surface area contributed by atoms with Crippen LogP contribution >= 0.6 is 0 Å². The van der Waals surface area contributed by atoms with Crippen molar-refractivity contribution < 1.29 is 0 Å². The van der Waals surface area contributed by atoms with E-state index < -0.39 is 0 Å². The lowest BCUT2D eigenvalue weighted by Gasteiger charge is -2.25. The van der Waals surface area contributed by atoms with Crippen molar-refractivity contribution in [2.24, 2.45) is 5.73 Å². The summed E-state index contributed by atoms with van der Waals surface area (Å²) < 4.78 is 0. The lowest BCUT2D eigenvalue weighted by molar-refractivity contribution is 0.363. The van der Waals surface area contributed by atoms with E-state index in [1.165, 1.54) is 57.8 Å². The molecule has 5 heteroatoms. The largest absolute Gasteiger partial charge is 0.357 e. The Balaban J connectivity index is 1.57. The molecule has 1 aliphatic carbocycles. The Hall–Kier alpha value is -1.20. The van der Waals surface area contributed by atoms with Crippen LogP contribution in [-0.4, -0.2) is 35.6 Å². The minimum absolute atomic E-state index is 0.121. The molecule has 23 heavy (non-hydrogen) atoms. The van der Waals surface area contributed by atoms with Crippen molar-refractivity contribution in [3.63, 3.8) is 0 Å². The average Bonchev–Trinajstić information content (AvgIpc) is 2.90. The molecule has 0 spiro atoms. The van der Waals surface area contributed by atoms with Gasteiger partial charge in [-0.25, -0.2) is 9.97 Å². The van der Waals surface area contributed by atoms with Gasteiger partial charge in [-0.3, -0.25) is 0 Å². The maximum absolute atomic E-state index is 6.34. The van der Waals surface area contributed by atoms with E-state index in [1.54, 1.807) is 0 Å². The maximum atomic E-state index is 6.34. The molecule has 1 saturated heterocycles. The molecule has 128 valence electrons. The van der Waals surface area contributed by atoms with Crippen LogP contribution in [0.4, 0.5) is 5.82 Å². The summed E-state index contributed by atoms with van der Waals surface area (Å²) in [6.07, 6.45) is 13.7. The van der Waals surface area contributed by atoms with E-state index >= 15 is 0 Å². The van der Waals surface area contributed by atoms with Gasteiger partial charge in [0.05, 0.1) is 6.04 Å². The van der Waals surface area contributed by atoms with Gasteiger partial charge in [0, 0.05) is 31.9 Å². The second-order valence-electron chi connectivity index (χ2n) is 7.02. The summed E-state index contributed by atoms with van der Waals surface area (Å²) in [6.45, 7) is 2.98. The normalized spacial score (nSPS) is 21.9. The molecule has 0 radical (unpaired) electrons. The van der Waals surface area contributed by atoms with Crippen molar-refractivity contribution >= 4 is 5.82 Å². The van der Waals surface area contributed by atoms with Gasteiger partial charge in [0.25, 0.3) is 0 Å². The van der Waals surface area contributed by atoms with Crippen molar-refractivity contribution in [1.29, 1.82) is 0 Å². The highest BCUT2D eigenvalue weighted by Gasteiger charge is 2.17. The first-order valence-corrected chi connectivity index (χ1v) is 9.40. The second kappa shape index (κ2) is 8.60. The Morgan fingerprint density at radius 2 is 1.78 bits per heavy atom. The molecule has 1 aromatic rings. The van der Waals surface area contributed by atoms with Crippen LogP contribution in [0.2, 0.25) is 0 Å². The Bertz CT molecular complexity index is 464. The number of hydrogen-bond donors (Lipinski definition) is 2. The Morgan fingerprint density at radius 1 is 1.09 bits per heavy atom. The first-order valence-electron chi connectivity index (χ1n) is 9.40. The first kappa shape index (κ1) is 16.7.